The number of likely N-dealkylation sites (N-methyl/N-ethyl adjacent to an activating group) is 1. The van der Waals surface area contributed by atoms with Gasteiger partial charge in [0.05, 0.1) is 23.8 Å². The number of aromatic amines is 1. The maximum Gasteiger partial charge on any atom is 0.253 e. The molecule has 1 aliphatic rings. The second kappa shape index (κ2) is 7.10. The molecule has 0 radical (unpaired) electrons. The molecule has 23 heavy (non-hydrogen) atoms. The zero-order valence-electron chi connectivity index (χ0n) is 13.8. The summed E-state index contributed by atoms with van der Waals surface area (Å²) in [5.41, 5.74) is 2.24. The molecule has 3 rings (SSSR count). The van der Waals surface area contributed by atoms with E-state index in [1.54, 1.807) is 0 Å². The largest absolute Gasteiger partial charge is 0.375 e. The number of para-hydroxylation sites is 1. The van der Waals surface area contributed by atoms with Crippen LogP contribution in [0.25, 0.3) is 11.0 Å². The third-order valence-corrected chi connectivity index (χ3v) is 4.30. The van der Waals surface area contributed by atoms with E-state index in [2.05, 4.69) is 27.1 Å². The van der Waals surface area contributed by atoms with Gasteiger partial charge in [0.15, 0.2) is 0 Å². The number of rotatable bonds is 5. The van der Waals surface area contributed by atoms with Crippen molar-refractivity contribution in [2.45, 2.75) is 26.4 Å². The number of nitrogens with one attached hydrogen (secondary N) is 2. The van der Waals surface area contributed by atoms with Crippen molar-refractivity contribution in [3.63, 3.8) is 0 Å². The van der Waals surface area contributed by atoms with Crippen molar-refractivity contribution in [1.29, 1.82) is 0 Å². The van der Waals surface area contributed by atoms with Gasteiger partial charge in [0.1, 0.15) is 11.3 Å². The number of morpholine rings is 1. The van der Waals surface area contributed by atoms with Crippen molar-refractivity contribution in [2.75, 3.05) is 32.8 Å². The van der Waals surface area contributed by atoms with E-state index in [0.717, 1.165) is 49.5 Å². The van der Waals surface area contributed by atoms with Crippen LogP contribution < -0.4 is 5.32 Å². The monoisotopic (exact) mass is 316 g/mol. The zero-order valence-corrected chi connectivity index (χ0v) is 13.8. The number of ether oxygens (including phenoxy) is 1. The third kappa shape index (κ3) is 3.71. The molecule has 1 atom stereocenters. The van der Waals surface area contributed by atoms with Crippen LogP contribution in [0.5, 0.6) is 0 Å². The van der Waals surface area contributed by atoms with E-state index < -0.39 is 0 Å². The number of aromatic nitrogens is 2. The van der Waals surface area contributed by atoms with Crippen LogP contribution >= 0.6 is 0 Å². The van der Waals surface area contributed by atoms with Crippen molar-refractivity contribution >= 4 is 16.9 Å². The van der Waals surface area contributed by atoms with E-state index in [9.17, 15) is 4.79 Å². The molecule has 1 fully saturated rings. The summed E-state index contributed by atoms with van der Waals surface area (Å²) >= 11 is 0. The average Bonchev–Trinajstić information content (AvgIpc) is 2.95. The summed E-state index contributed by atoms with van der Waals surface area (Å²) in [6.45, 7) is 8.44. The van der Waals surface area contributed by atoms with Gasteiger partial charge < -0.3 is 15.0 Å². The number of imidazole rings is 1. The molecule has 2 N–H and O–H groups in total. The van der Waals surface area contributed by atoms with E-state index in [1.165, 1.54) is 0 Å². The van der Waals surface area contributed by atoms with Crippen LogP contribution in [0.2, 0.25) is 0 Å². The lowest BCUT2D eigenvalue weighted by atomic mass is 10.1. The number of carbonyl (C=O) groups is 1. The van der Waals surface area contributed by atoms with Gasteiger partial charge in [-0.1, -0.05) is 13.0 Å². The molecule has 0 saturated carbocycles. The highest BCUT2D eigenvalue weighted by molar-refractivity contribution is 6.04. The molecule has 2 heterocycles. The van der Waals surface area contributed by atoms with Crippen molar-refractivity contribution in [1.82, 2.24) is 20.2 Å². The minimum absolute atomic E-state index is 0.0785. The Morgan fingerprint density at radius 1 is 1.52 bits per heavy atom. The van der Waals surface area contributed by atoms with Gasteiger partial charge in [-0.2, -0.15) is 0 Å². The van der Waals surface area contributed by atoms with Crippen molar-refractivity contribution < 1.29 is 9.53 Å². The maximum absolute atomic E-state index is 12.4. The van der Waals surface area contributed by atoms with Gasteiger partial charge >= 0.3 is 0 Å². The molecule has 0 bridgehead atoms. The fraction of sp³-hybridized carbons (Fsp3) is 0.529. The molecule has 1 aliphatic heterocycles. The highest BCUT2D eigenvalue weighted by Crippen LogP contribution is 2.16. The van der Waals surface area contributed by atoms with Gasteiger partial charge in [-0.05, 0) is 32.0 Å². The summed E-state index contributed by atoms with van der Waals surface area (Å²) < 4.78 is 5.76. The highest BCUT2D eigenvalue weighted by atomic mass is 16.5. The first kappa shape index (κ1) is 16.0. The minimum Gasteiger partial charge on any atom is -0.375 e. The summed E-state index contributed by atoms with van der Waals surface area (Å²) in [6, 6.07) is 5.62. The Kier molecular flexibility index (Phi) is 4.93. The van der Waals surface area contributed by atoms with Crippen molar-refractivity contribution in [3.8, 4) is 0 Å². The smallest absolute Gasteiger partial charge is 0.253 e. The van der Waals surface area contributed by atoms with Crippen molar-refractivity contribution in [2.24, 2.45) is 0 Å². The van der Waals surface area contributed by atoms with E-state index >= 15 is 0 Å². The van der Waals surface area contributed by atoms with Gasteiger partial charge in [0.2, 0.25) is 0 Å². The first-order valence-corrected chi connectivity index (χ1v) is 8.25. The molecule has 124 valence electrons. The fourth-order valence-corrected chi connectivity index (χ4v) is 3.02. The molecule has 1 amide bonds. The Morgan fingerprint density at radius 3 is 3.22 bits per heavy atom. The molecular formula is C17H24N4O2. The number of benzene rings is 1. The van der Waals surface area contributed by atoms with Crippen LogP contribution in [0.15, 0.2) is 18.2 Å². The first-order chi connectivity index (χ1) is 11.2. The van der Waals surface area contributed by atoms with E-state index in [0.29, 0.717) is 12.1 Å². The second-order valence-corrected chi connectivity index (χ2v) is 5.95. The van der Waals surface area contributed by atoms with Gasteiger partial charge in [-0.3, -0.25) is 9.69 Å². The lowest BCUT2D eigenvalue weighted by Gasteiger charge is -2.32. The average molecular weight is 316 g/mol. The van der Waals surface area contributed by atoms with Crippen molar-refractivity contribution in [3.05, 3.63) is 29.6 Å². The number of nitrogens with zero attached hydrogens (tertiary/aromatic N) is 2. The van der Waals surface area contributed by atoms with Crippen LogP contribution in [0.1, 0.15) is 29.5 Å². The lowest BCUT2D eigenvalue weighted by molar-refractivity contribution is -0.0296. The number of hydrogen-bond donors (Lipinski definition) is 2. The normalized spacial score (nSPS) is 19.1. The van der Waals surface area contributed by atoms with Crippen LogP contribution in [-0.4, -0.2) is 59.7 Å². The number of carbonyl (C=O) groups excluding carboxylic acids is 1. The number of fused-ring (bicyclic) bond motifs is 1. The Labute approximate surface area is 136 Å². The Hall–Kier alpha value is -1.92. The zero-order chi connectivity index (χ0) is 16.2. The summed E-state index contributed by atoms with van der Waals surface area (Å²) in [4.78, 5) is 22.4. The van der Waals surface area contributed by atoms with Crippen LogP contribution in [-0.2, 0) is 4.74 Å². The highest BCUT2D eigenvalue weighted by Gasteiger charge is 2.19. The third-order valence-electron chi connectivity index (χ3n) is 4.30. The van der Waals surface area contributed by atoms with E-state index in [1.807, 2.05) is 25.1 Å². The standard InChI is InChI=1S/C17H24N4O2/c1-3-21-9-10-23-13(11-21)7-8-18-17(22)14-5-4-6-15-16(14)20-12(2)19-15/h4-6,13H,3,7-11H2,1-2H3,(H,18,22)(H,19,20). The molecule has 0 spiro atoms. The van der Waals surface area contributed by atoms with Crippen LogP contribution in [0, 0.1) is 6.92 Å². The second-order valence-electron chi connectivity index (χ2n) is 5.95. The Balaban J connectivity index is 1.56. The molecule has 1 unspecified atom stereocenters. The maximum atomic E-state index is 12.4. The quantitative estimate of drug-likeness (QED) is 0.881. The predicted molar refractivity (Wildman–Crippen MR) is 89.6 cm³/mol. The fourth-order valence-electron chi connectivity index (χ4n) is 3.02. The first-order valence-electron chi connectivity index (χ1n) is 8.25. The molecule has 6 nitrogen and oxygen atoms in total. The number of hydrogen-bond acceptors (Lipinski definition) is 4. The number of aryl methyl sites for hydroxylation is 1. The lowest BCUT2D eigenvalue weighted by Crippen LogP contribution is -2.43. The Morgan fingerprint density at radius 2 is 2.39 bits per heavy atom. The van der Waals surface area contributed by atoms with Gasteiger partial charge in [-0.25, -0.2) is 4.98 Å². The summed E-state index contributed by atoms with van der Waals surface area (Å²) in [5, 5.41) is 2.99. The Bertz CT molecular complexity index is 682. The molecule has 0 aliphatic carbocycles. The summed E-state index contributed by atoms with van der Waals surface area (Å²) in [6.07, 6.45) is 1.03. The minimum atomic E-state index is -0.0785. The molecule has 2 aromatic rings. The van der Waals surface area contributed by atoms with Gasteiger partial charge in [0, 0.05) is 19.6 Å². The molecule has 1 saturated heterocycles. The molecule has 1 aromatic heterocycles. The molecule has 6 heteroatoms. The molecule has 1 aromatic carbocycles. The van der Waals surface area contributed by atoms with E-state index in [4.69, 9.17) is 4.74 Å². The number of amides is 1. The van der Waals surface area contributed by atoms with Gasteiger partial charge in [-0.15, -0.1) is 0 Å². The SMILES string of the molecule is CCN1CCOC(CCNC(=O)c2cccc3[nH]c(C)nc23)C1. The van der Waals surface area contributed by atoms with E-state index in [-0.39, 0.29) is 12.0 Å². The summed E-state index contributed by atoms with van der Waals surface area (Å²) in [5.74, 6) is 0.737. The van der Waals surface area contributed by atoms with Crippen LogP contribution in [0.4, 0.5) is 0 Å². The topological polar surface area (TPSA) is 70.2 Å². The van der Waals surface area contributed by atoms with Crippen LogP contribution in [0.3, 0.4) is 0 Å². The molecular weight excluding hydrogens is 292 g/mol. The number of H-pyrrole nitrogens is 1. The van der Waals surface area contributed by atoms with Gasteiger partial charge in [0.25, 0.3) is 5.91 Å². The predicted octanol–water partition coefficient (Wildman–Crippen LogP) is 1.71. The summed E-state index contributed by atoms with van der Waals surface area (Å²) in [7, 11) is 0.